The fourth-order valence-corrected chi connectivity index (χ4v) is 2.48. The number of carbonyl (C=O) groups is 2. The molecule has 4 heteroatoms. The number of fused-ring (bicyclic) bond motifs is 1. The van der Waals surface area contributed by atoms with Crippen molar-refractivity contribution >= 4 is 22.5 Å². The maximum atomic E-state index is 12.3. The standard InChI is InChI=1S/C20H17NO3/c1-24-18-10-9-15-11-17(8-7-16(15)12-18)19(22)13-21-20(23)14-5-3-2-4-6-14/h2-12H,13H2,1H3,(H,21,23). The summed E-state index contributed by atoms with van der Waals surface area (Å²) in [6.45, 7) is -0.0324. The Morgan fingerprint density at radius 2 is 1.58 bits per heavy atom. The van der Waals surface area contributed by atoms with Crippen LogP contribution in [-0.2, 0) is 0 Å². The largest absolute Gasteiger partial charge is 0.497 e. The lowest BCUT2D eigenvalue weighted by molar-refractivity contribution is 0.0904. The Morgan fingerprint density at radius 1 is 0.875 bits per heavy atom. The van der Waals surface area contributed by atoms with Crippen LogP contribution in [0.5, 0.6) is 5.75 Å². The SMILES string of the molecule is COc1ccc2cc(C(=O)CNC(=O)c3ccccc3)ccc2c1. The second-order valence-electron chi connectivity index (χ2n) is 5.40. The Bertz CT molecular complexity index is 888. The van der Waals surface area contributed by atoms with E-state index in [-0.39, 0.29) is 18.2 Å². The number of ether oxygens (including phenoxy) is 1. The first kappa shape index (κ1) is 15.7. The molecule has 3 aromatic rings. The Morgan fingerprint density at radius 3 is 2.33 bits per heavy atom. The zero-order valence-electron chi connectivity index (χ0n) is 13.3. The lowest BCUT2D eigenvalue weighted by atomic mass is 10.0. The van der Waals surface area contributed by atoms with E-state index in [1.54, 1.807) is 37.4 Å². The summed E-state index contributed by atoms with van der Waals surface area (Å²) in [5.74, 6) is 0.392. The summed E-state index contributed by atoms with van der Waals surface area (Å²) in [6.07, 6.45) is 0. The van der Waals surface area contributed by atoms with Gasteiger partial charge >= 0.3 is 0 Å². The van der Waals surface area contributed by atoms with Crippen molar-refractivity contribution in [2.45, 2.75) is 0 Å². The van der Waals surface area contributed by atoms with Crippen molar-refractivity contribution in [3.8, 4) is 5.75 Å². The predicted octanol–water partition coefficient (Wildman–Crippen LogP) is 3.46. The second-order valence-corrected chi connectivity index (χ2v) is 5.40. The number of ketones is 1. The number of carbonyl (C=O) groups excluding carboxylic acids is 2. The number of hydrogen-bond donors (Lipinski definition) is 1. The summed E-state index contributed by atoms with van der Waals surface area (Å²) in [5.41, 5.74) is 1.11. The first-order chi connectivity index (χ1) is 11.7. The lowest BCUT2D eigenvalue weighted by Gasteiger charge is -2.07. The van der Waals surface area contributed by atoms with Gasteiger partial charge in [-0.3, -0.25) is 9.59 Å². The van der Waals surface area contributed by atoms with Crippen molar-refractivity contribution in [3.05, 3.63) is 77.9 Å². The molecule has 1 N–H and O–H groups in total. The molecule has 24 heavy (non-hydrogen) atoms. The van der Waals surface area contributed by atoms with Crippen LogP contribution in [0.4, 0.5) is 0 Å². The van der Waals surface area contributed by atoms with Gasteiger partial charge in [-0.25, -0.2) is 0 Å². The van der Waals surface area contributed by atoms with E-state index in [1.165, 1.54) is 0 Å². The average molecular weight is 319 g/mol. The molecule has 0 unspecified atom stereocenters. The molecule has 0 aliphatic rings. The first-order valence-corrected chi connectivity index (χ1v) is 7.61. The van der Waals surface area contributed by atoms with Crippen LogP contribution in [0, 0.1) is 0 Å². The molecular formula is C20H17NO3. The third-order valence-electron chi connectivity index (χ3n) is 3.81. The molecule has 0 bridgehead atoms. The molecule has 0 atom stereocenters. The van der Waals surface area contributed by atoms with Gasteiger partial charge < -0.3 is 10.1 Å². The fraction of sp³-hybridized carbons (Fsp3) is 0.100. The van der Waals surface area contributed by atoms with Crippen LogP contribution >= 0.6 is 0 Å². The number of Topliss-reactive ketones (excluding diaryl/α,β-unsaturated/α-hetero) is 1. The molecule has 0 aliphatic carbocycles. The minimum atomic E-state index is -0.255. The van der Waals surface area contributed by atoms with Crippen LogP contribution in [0.3, 0.4) is 0 Å². The van der Waals surface area contributed by atoms with Crippen LogP contribution in [0.2, 0.25) is 0 Å². The Labute approximate surface area is 140 Å². The van der Waals surface area contributed by atoms with Crippen LogP contribution in [0.15, 0.2) is 66.7 Å². The molecule has 4 nitrogen and oxygen atoms in total. The highest BCUT2D eigenvalue weighted by Crippen LogP contribution is 2.22. The van der Waals surface area contributed by atoms with Gasteiger partial charge in [0.15, 0.2) is 5.78 Å². The Hall–Kier alpha value is -3.14. The van der Waals surface area contributed by atoms with Crippen molar-refractivity contribution in [1.82, 2.24) is 5.32 Å². The topological polar surface area (TPSA) is 55.4 Å². The summed E-state index contributed by atoms with van der Waals surface area (Å²) in [4.78, 5) is 24.3. The van der Waals surface area contributed by atoms with Crippen molar-refractivity contribution in [2.24, 2.45) is 0 Å². The molecule has 0 aliphatic heterocycles. The van der Waals surface area contributed by atoms with Crippen LogP contribution in [-0.4, -0.2) is 25.3 Å². The van der Waals surface area contributed by atoms with E-state index in [0.29, 0.717) is 11.1 Å². The Balaban J connectivity index is 1.71. The number of rotatable bonds is 5. The number of nitrogens with one attached hydrogen (secondary N) is 1. The molecule has 0 saturated carbocycles. The van der Waals surface area contributed by atoms with E-state index in [4.69, 9.17) is 4.74 Å². The van der Waals surface area contributed by atoms with Gasteiger partial charge in [-0.2, -0.15) is 0 Å². The molecule has 0 radical (unpaired) electrons. The van der Waals surface area contributed by atoms with Crippen LogP contribution in [0.1, 0.15) is 20.7 Å². The summed E-state index contributed by atoms with van der Waals surface area (Å²) >= 11 is 0. The maximum Gasteiger partial charge on any atom is 0.251 e. The predicted molar refractivity (Wildman–Crippen MR) is 93.6 cm³/mol. The molecule has 1 amide bonds. The molecule has 0 heterocycles. The number of amides is 1. The molecule has 3 rings (SSSR count). The number of hydrogen-bond acceptors (Lipinski definition) is 3. The second kappa shape index (κ2) is 6.96. The highest BCUT2D eigenvalue weighted by Gasteiger charge is 2.10. The van der Waals surface area contributed by atoms with E-state index in [0.717, 1.165) is 16.5 Å². The van der Waals surface area contributed by atoms with Crippen LogP contribution < -0.4 is 10.1 Å². The molecular weight excluding hydrogens is 302 g/mol. The molecule has 120 valence electrons. The van der Waals surface area contributed by atoms with Gasteiger partial charge in [-0.1, -0.05) is 36.4 Å². The highest BCUT2D eigenvalue weighted by atomic mass is 16.5. The zero-order chi connectivity index (χ0) is 16.9. The smallest absolute Gasteiger partial charge is 0.251 e. The minimum Gasteiger partial charge on any atom is -0.497 e. The van der Waals surface area contributed by atoms with Gasteiger partial charge in [0.1, 0.15) is 5.75 Å². The number of benzene rings is 3. The number of methoxy groups -OCH3 is 1. The van der Waals surface area contributed by atoms with Gasteiger partial charge in [0.25, 0.3) is 5.91 Å². The molecule has 0 fully saturated rings. The third-order valence-corrected chi connectivity index (χ3v) is 3.81. The lowest BCUT2D eigenvalue weighted by Crippen LogP contribution is -2.29. The summed E-state index contributed by atoms with van der Waals surface area (Å²) < 4.78 is 5.19. The summed E-state index contributed by atoms with van der Waals surface area (Å²) in [7, 11) is 1.62. The van der Waals surface area contributed by atoms with Gasteiger partial charge in [0, 0.05) is 11.1 Å². The van der Waals surface area contributed by atoms with Gasteiger partial charge in [0.2, 0.25) is 0 Å². The highest BCUT2D eigenvalue weighted by molar-refractivity contribution is 6.04. The van der Waals surface area contributed by atoms with Crippen molar-refractivity contribution < 1.29 is 14.3 Å². The van der Waals surface area contributed by atoms with E-state index in [1.807, 2.05) is 36.4 Å². The van der Waals surface area contributed by atoms with Gasteiger partial charge in [-0.05, 0) is 41.1 Å². The monoisotopic (exact) mass is 319 g/mol. The minimum absolute atomic E-state index is 0.0324. The van der Waals surface area contributed by atoms with E-state index in [9.17, 15) is 9.59 Å². The van der Waals surface area contributed by atoms with E-state index in [2.05, 4.69) is 5.32 Å². The Kier molecular flexibility index (Phi) is 4.57. The van der Waals surface area contributed by atoms with E-state index >= 15 is 0 Å². The molecule has 0 aromatic heterocycles. The zero-order valence-corrected chi connectivity index (χ0v) is 13.3. The normalized spacial score (nSPS) is 10.4. The summed E-state index contributed by atoms with van der Waals surface area (Å²) in [6, 6.07) is 20.0. The van der Waals surface area contributed by atoms with Gasteiger partial charge in [-0.15, -0.1) is 0 Å². The summed E-state index contributed by atoms with van der Waals surface area (Å²) in [5, 5.41) is 4.61. The van der Waals surface area contributed by atoms with Crippen LogP contribution in [0.25, 0.3) is 10.8 Å². The average Bonchev–Trinajstić information content (AvgIpc) is 2.65. The quantitative estimate of drug-likeness (QED) is 0.733. The molecule has 0 saturated heterocycles. The van der Waals surface area contributed by atoms with Crippen molar-refractivity contribution in [1.29, 1.82) is 0 Å². The third kappa shape index (κ3) is 3.43. The maximum absolute atomic E-state index is 12.3. The molecule has 0 spiro atoms. The van der Waals surface area contributed by atoms with E-state index < -0.39 is 0 Å². The fourth-order valence-electron chi connectivity index (χ4n) is 2.48. The van der Waals surface area contributed by atoms with Gasteiger partial charge in [0.05, 0.1) is 13.7 Å². The molecule has 3 aromatic carbocycles. The first-order valence-electron chi connectivity index (χ1n) is 7.61. The van der Waals surface area contributed by atoms with Crippen molar-refractivity contribution in [2.75, 3.05) is 13.7 Å². The van der Waals surface area contributed by atoms with Crippen molar-refractivity contribution in [3.63, 3.8) is 0 Å².